The van der Waals surface area contributed by atoms with Crippen LogP contribution in [0, 0.1) is 0 Å². The van der Waals surface area contributed by atoms with Gasteiger partial charge < -0.3 is 0 Å². The number of benzene rings is 3. The van der Waals surface area contributed by atoms with Gasteiger partial charge in [0.05, 0.1) is 4.90 Å². The van der Waals surface area contributed by atoms with E-state index in [9.17, 15) is 18.0 Å². The molecule has 0 radical (unpaired) electrons. The lowest BCUT2D eigenvalue weighted by molar-refractivity contribution is 0.0771. The molecule has 0 spiro atoms. The molecule has 0 N–H and O–H groups in total. The maximum absolute atomic E-state index is 13.2. The maximum Gasteiger partial charge on any atom is 0.244 e. The summed E-state index contributed by atoms with van der Waals surface area (Å²) in [7, 11) is -3.92. The van der Waals surface area contributed by atoms with Gasteiger partial charge in [-0.2, -0.15) is 4.31 Å². The lowest BCUT2D eigenvalue weighted by Crippen LogP contribution is -2.53. The van der Waals surface area contributed by atoms with Crippen molar-refractivity contribution < 1.29 is 18.0 Å². The number of nitrogens with zero attached hydrogens (tertiary/aromatic N) is 1. The van der Waals surface area contributed by atoms with E-state index >= 15 is 0 Å². The van der Waals surface area contributed by atoms with Gasteiger partial charge in [0.15, 0.2) is 17.6 Å². The molecule has 136 valence electrons. The zero-order valence-electron chi connectivity index (χ0n) is 14.6. The number of hydrogen-bond donors (Lipinski definition) is 0. The summed E-state index contributed by atoms with van der Waals surface area (Å²) in [4.78, 5) is 26.2. The third-order valence-electron chi connectivity index (χ3n) is 4.87. The molecule has 0 saturated heterocycles. The summed E-state index contributed by atoms with van der Waals surface area (Å²) >= 11 is 0. The first-order valence-corrected chi connectivity index (χ1v) is 10.1. The molecule has 0 aromatic heterocycles. The quantitative estimate of drug-likeness (QED) is 0.517. The van der Waals surface area contributed by atoms with Gasteiger partial charge in [-0.15, -0.1) is 0 Å². The van der Waals surface area contributed by atoms with Crippen LogP contribution in [-0.4, -0.2) is 36.9 Å². The highest BCUT2D eigenvalue weighted by Gasteiger charge is 2.46. The molecule has 3 aromatic carbocycles. The van der Waals surface area contributed by atoms with Crippen molar-refractivity contribution >= 4 is 32.4 Å². The number of sulfonamides is 1. The second kappa shape index (κ2) is 6.40. The highest BCUT2D eigenvalue weighted by molar-refractivity contribution is 7.89. The van der Waals surface area contributed by atoms with Crippen molar-refractivity contribution in [3.8, 4) is 0 Å². The summed E-state index contributed by atoms with van der Waals surface area (Å²) in [5.74, 6) is -0.994. The first-order valence-electron chi connectivity index (χ1n) is 8.63. The summed E-state index contributed by atoms with van der Waals surface area (Å²) in [6, 6.07) is 17.4. The van der Waals surface area contributed by atoms with Gasteiger partial charge in [-0.3, -0.25) is 9.59 Å². The van der Waals surface area contributed by atoms with Crippen molar-refractivity contribution in [1.82, 2.24) is 4.31 Å². The van der Waals surface area contributed by atoms with Crippen LogP contribution in [0.15, 0.2) is 71.6 Å². The molecule has 1 heterocycles. The van der Waals surface area contributed by atoms with Crippen molar-refractivity contribution in [3.63, 3.8) is 0 Å². The van der Waals surface area contributed by atoms with Gasteiger partial charge in [0.1, 0.15) is 0 Å². The Bertz CT molecular complexity index is 1180. The molecule has 1 aliphatic heterocycles. The van der Waals surface area contributed by atoms with E-state index < -0.39 is 27.6 Å². The van der Waals surface area contributed by atoms with Gasteiger partial charge in [0.2, 0.25) is 10.0 Å². The van der Waals surface area contributed by atoms with E-state index in [0.29, 0.717) is 5.56 Å². The Kier molecular flexibility index (Phi) is 4.17. The molecule has 0 fully saturated rings. The third-order valence-corrected chi connectivity index (χ3v) is 6.87. The van der Waals surface area contributed by atoms with E-state index in [-0.39, 0.29) is 17.0 Å². The van der Waals surface area contributed by atoms with Crippen molar-refractivity contribution in [2.45, 2.75) is 17.9 Å². The predicted octanol–water partition coefficient (Wildman–Crippen LogP) is 3.30. The van der Waals surface area contributed by atoms with Gasteiger partial charge in [-0.05, 0) is 29.0 Å². The Morgan fingerprint density at radius 1 is 0.963 bits per heavy atom. The van der Waals surface area contributed by atoms with Gasteiger partial charge in [0.25, 0.3) is 0 Å². The lowest BCUT2D eigenvalue weighted by Gasteiger charge is -2.33. The van der Waals surface area contributed by atoms with Crippen LogP contribution >= 0.6 is 0 Å². The molecule has 1 aliphatic rings. The van der Waals surface area contributed by atoms with Gasteiger partial charge in [-0.1, -0.05) is 55.5 Å². The molecule has 0 bridgehead atoms. The summed E-state index contributed by atoms with van der Waals surface area (Å²) in [5.41, 5.74) is 0.390. The van der Waals surface area contributed by atoms with Crippen molar-refractivity contribution in [2.75, 3.05) is 6.54 Å². The summed E-state index contributed by atoms with van der Waals surface area (Å²) < 4.78 is 26.9. The molecule has 0 saturated carbocycles. The average molecular weight is 379 g/mol. The highest BCUT2D eigenvalue weighted by Crippen LogP contribution is 2.31. The largest absolute Gasteiger partial charge is 0.292 e. The summed E-state index contributed by atoms with van der Waals surface area (Å²) in [6.45, 7) is 1.66. The Morgan fingerprint density at radius 3 is 2.37 bits per heavy atom. The standard InChI is InChI=1S/C21H17NO4S/c1-2-22-19(21(24)17-9-5-6-10-18(17)27(22,25)26)20(23)16-12-11-14-7-3-4-8-15(14)13-16/h3-13,19H,2H2,1H3. The molecule has 27 heavy (non-hydrogen) atoms. The number of carbonyl (C=O) groups excluding carboxylic acids is 2. The number of Topliss-reactive ketones (excluding diaryl/α,β-unsaturated/α-hetero) is 2. The zero-order valence-corrected chi connectivity index (χ0v) is 15.4. The minimum Gasteiger partial charge on any atom is -0.292 e. The number of likely N-dealkylation sites (N-methyl/N-ethyl adjacent to an activating group) is 1. The lowest BCUT2D eigenvalue weighted by atomic mass is 9.94. The fourth-order valence-electron chi connectivity index (χ4n) is 3.54. The number of fused-ring (bicyclic) bond motifs is 2. The van der Waals surface area contributed by atoms with Crippen molar-refractivity contribution in [1.29, 1.82) is 0 Å². The maximum atomic E-state index is 13.2. The minimum absolute atomic E-state index is 0.0341. The monoisotopic (exact) mass is 379 g/mol. The molecular weight excluding hydrogens is 362 g/mol. The number of hydrogen-bond acceptors (Lipinski definition) is 4. The van der Waals surface area contributed by atoms with Crippen LogP contribution in [0.25, 0.3) is 10.8 Å². The third kappa shape index (κ3) is 2.69. The van der Waals surface area contributed by atoms with Crippen LogP contribution in [0.1, 0.15) is 27.6 Å². The Morgan fingerprint density at radius 2 is 1.63 bits per heavy atom. The van der Waals surface area contributed by atoms with Crippen LogP contribution in [-0.2, 0) is 10.0 Å². The van der Waals surface area contributed by atoms with Crippen molar-refractivity contribution in [2.24, 2.45) is 0 Å². The molecule has 3 aromatic rings. The molecule has 5 nitrogen and oxygen atoms in total. The Balaban J connectivity index is 1.86. The fraction of sp³-hybridized carbons (Fsp3) is 0.143. The normalized spacial score (nSPS) is 19.0. The van der Waals surface area contributed by atoms with Crippen LogP contribution in [0.2, 0.25) is 0 Å². The molecule has 1 unspecified atom stereocenters. The first kappa shape index (κ1) is 17.6. The molecule has 1 atom stereocenters. The van der Waals surface area contributed by atoms with Crippen LogP contribution in [0.3, 0.4) is 0 Å². The topological polar surface area (TPSA) is 71.5 Å². The molecule has 6 heteroatoms. The van der Waals surface area contributed by atoms with E-state index in [1.807, 2.05) is 24.3 Å². The number of rotatable bonds is 3. The predicted molar refractivity (Wildman–Crippen MR) is 102 cm³/mol. The van der Waals surface area contributed by atoms with E-state index in [2.05, 4.69) is 0 Å². The molecule has 0 amide bonds. The number of ketones is 2. The smallest absolute Gasteiger partial charge is 0.244 e. The summed E-state index contributed by atoms with van der Waals surface area (Å²) in [5, 5.41) is 1.83. The van der Waals surface area contributed by atoms with Crippen molar-refractivity contribution in [3.05, 3.63) is 77.9 Å². The van der Waals surface area contributed by atoms with Gasteiger partial charge >= 0.3 is 0 Å². The number of carbonyl (C=O) groups is 2. The van der Waals surface area contributed by atoms with Crippen LogP contribution < -0.4 is 0 Å². The average Bonchev–Trinajstić information content (AvgIpc) is 2.69. The molecule has 4 rings (SSSR count). The zero-order chi connectivity index (χ0) is 19.2. The SMILES string of the molecule is CCN1C(C(=O)c2ccc3ccccc3c2)C(=O)c2ccccc2S1(=O)=O. The summed E-state index contributed by atoms with van der Waals surface area (Å²) in [6.07, 6.45) is 0. The molecule has 0 aliphatic carbocycles. The highest BCUT2D eigenvalue weighted by atomic mass is 32.2. The van der Waals surface area contributed by atoms with Gasteiger partial charge in [-0.25, -0.2) is 8.42 Å². The van der Waals surface area contributed by atoms with Crippen LogP contribution in [0.5, 0.6) is 0 Å². The van der Waals surface area contributed by atoms with Gasteiger partial charge in [0, 0.05) is 17.7 Å². The van der Waals surface area contributed by atoms with E-state index in [1.165, 1.54) is 12.1 Å². The van der Waals surface area contributed by atoms with Crippen LogP contribution in [0.4, 0.5) is 0 Å². The Hall–Kier alpha value is -2.83. The molecular formula is C21H17NO4S. The minimum atomic E-state index is -3.92. The Labute approximate surface area is 157 Å². The van der Waals surface area contributed by atoms with E-state index in [0.717, 1.165) is 15.1 Å². The van der Waals surface area contributed by atoms with E-state index in [4.69, 9.17) is 0 Å². The van der Waals surface area contributed by atoms with E-state index in [1.54, 1.807) is 37.3 Å². The second-order valence-corrected chi connectivity index (χ2v) is 8.26. The first-order chi connectivity index (χ1) is 12.9. The second-order valence-electron chi connectivity index (χ2n) is 6.40. The fourth-order valence-corrected chi connectivity index (χ4v) is 5.30.